The van der Waals surface area contributed by atoms with E-state index in [1.54, 1.807) is 0 Å². The molecule has 0 saturated carbocycles. The lowest BCUT2D eigenvalue weighted by molar-refractivity contribution is -0.140. The first kappa shape index (κ1) is 7.71. The van der Waals surface area contributed by atoms with E-state index in [2.05, 4.69) is 5.32 Å². The molecule has 1 atom stereocenters. The van der Waals surface area contributed by atoms with Crippen molar-refractivity contribution in [3.63, 3.8) is 0 Å². The van der Waals surface area contributed by atoms with E-state index >= 15 is 0 Å². The molecule has 1 aliphatic rings. The number of hydrogen-bond acceptors (Lipinski definition) is 2. The Morgan fingerprint density at radius 3 is 2.73 bits per heavy atom. The van der Waals surface area contributed by atoms with Crippen LogP contribution in [0.3, 0.4) is 0 Å². The van der Waals surface area contributed by atoms with Crippen LogP contribution < -0.4 is 5.32 Å². The highest BCUT2D eigenvalue weighted by atomic mass is 19.1. The first-order valence-electron chi connectivity index (χ1n) is 2.98. The zero-order chi connectivity index (χ0) is 8.43. The van der Waals surface area contributed by atoms with E-state index in [1.807, 2.05) is 0 Å². The zero-order valence-corrected chi connectivity index (χ0v) is 5.50. The highest BCUT2D eigenvalue weighted by molar-refractivity contribution is 5.99. The van der Waals surface area contributed by atoms with Gasteiger partial charge in [0.25, 0.3) is 0 Å². The fraction of sp³-hybridized carbons (Fsp3) is 0.333. The normalized spacial score (nSPS) is 27.2. The maximum Gasteiger partial charge on any atom is 0.326 e. The van der Waals surface area contributed by atoms with Gasteiger partial charge in [-0.2, -0.15) is 0 Å². The van der Waals surface area contributed by atoms with Crippen molar-refractivity contribution in [1.82, 2.24) is 5.32 Å². The summed E-state index contributed by atoms with van der Waals surface area (Å²) in [7, 11) is 0. The van der Waals surface area contributed by atoms with Gasteiger partial charge in [-0.3, -0.25) is 4.79 Å². The van der Waals surface area contributed by atoms with Crippen LogP contribution in [0.25, 0.3) is 0 Å². The molecule has 5 heteroatoms. The lowest BCUT2D eigenvalue weighted by atomic mass is 10.2. The highest BCUT2D eigenvalue weighted by Crippen LogP contribution is 2.14. The molecule has 0 unspecified atom stereocenters. The second-order valence-electron chi connectivity index (χ2n) is 2.20. The number of amides is 1. The SMILES string of the molecule is O=C1N[C@H](C(=O)O)C/C1=C/F. The lowest BCUT2D eigenvalue weighted by Crippen LogP contribution is -2.32. The molecule has 0 aliphatic carbocycles. The molecule has 1 rings (SSSR count). The van der Waals surface area contributed by atoms with Gasteiger partial charge in [0.15, 0.2) is 0 Å². The number of halogens is 1. The Hall–Kier alpha value is -1.39. The van der Waals surface area contributed by atoms with E-state index in [0.29, 0.717) is 0 Å². The molecule has 0 aromatic heterocycles. The van der Waals surface area contributed by atoms with Gasteiger partial charge in [-0.25, -0.2) is 9.18 Å². The van der Waals surface area contributed by atoms with Crippen molar-refractivity contribution in [3.05, 3.63) is 11.9 Å². The van der Waals surface area contributed by atoms with Gasteiger partial charge >= 0.3 is 5.97 Å². The van der Waals surface area contributed by atoms with Crippen LogP contribution >= 0.6 is 0 Å². The molecule has 0 spiro atoms. The van der Waals surface area contributed by atoms with Crippen molar-refractivity contribution in [1.29, 1.82) is 0 Å². The maximum absolute atomic E-state index is 11.8. The summed E-state index contributed by atoms with van der Waals surface area (Å²) in [5, 5.41) is 10.5. The van der Waals surface area contributed by atoms with E-state index < -0.39 is 17.9 Å². The van der Waals surface area contributed by atoms with Gasteiger partial charge in [-0.05, 0) is 0 Å². The molecule has 0 radical (unpaired) electrons. The molecular formula is C6H6FNO3. The van der Waals surface area contributed by atoms with Crippen LogP contribution in [0, 0.1) is 0 Å². The number of rotatable bonds is 1. The number of nitrogens with one attached hydrogen (secondary N) is 1. The van der Waals surface area contributed by atoms with Crippen molar-refractivity contribution in [3.8, 4) is 0 Å². The van der Waals surface area contributed by atoms with Gasteiger partial charge in [-0.15, -0.1) is 0 Å². The summed E-state index contributed by atoms with van der Waals surface area (Å²) < 4.78 is 11.8. The number of carboxylic acid groups (broad SMARTS) is 1. The standard InChI is InChI=1S/C6H6FNO3/c7-2-3-1-4(6(10)11)8-5(3)9/h2,4H,1H2,(H,8,9)(H,10,11)/b3-2-/t4-/m0/s1. The molecule has 1 heterocycles. The van der Waals surface area contributed by atoms with Crippen molar-refractivity contribution in [2.75, 3.05) is 0 Å². The minimum absolute atomic E-state index is 0.0787. The highest BCUT2D eigenvalue weighted by Gasteiger charge is 2.31. The van der Waals surface area contributed by atoms with Gasteiger partial charge in [0.05, 0.1) is 6.33 Å². The second kappa shape index (κ2) is 2.69. The predicted octanol–water partition coefficient (Wildman–Crippen LogP) is -0.187. The van der Waals surface area contributed by atoms with Crippen molar-refractivity contribution in [2.24, 2.45) is 0 Å². The Kier molecular flexibility index (Phi) is 1.89. The molecule has 4 nitrogen and oxygen atoms in total. The van der Waals surface area contributed by atoms with E-state index in [1.165, 1.54) is 0 Å². The van der Waals surface area contributed by atoms with Gasteiger partial charge in [-0.1, -0.05) is 0 Å². The van der Waals surface area contributed by atoms with Crippen LogP contribution in [0.15, 0.2) is 11.9 Å². The van der Waals surface area contributed by atoms with Gasteiger partial charge in [0, 0.05) is 12.0 Å². The molecule has 1 aliphatic heterocycles. The zero-order valence-electron chi connectivity index (χ0n) is 5.50. The Balaban J connectivity index is 2.72. The monoisotopic (exact) mass is 159 g/mol. The number of carbonyl (C=O) groups excluding carboxylic acids is 1. The summed E-state index contributed by atoms with van der Waals surface area (Å²) in [6.07, 6.45) is 0.0585. The lowest BCUT2D eigenvalue weighted by Gasteiger charge is -1.99. The third-order valence-corrected chi connectivity index (χ3v) is 1.45. The third-order valence-electron chi connectivity index (χ3n) is 1.45. The van der Waals surface area contributed by atoms with Crippen molar-refractivity contribution >= 4 is 11.9 Å². The summed E-state index contributed by atoms with van der Waals surface area (Å²) in [4.78, 5) is 20.9. The van der Waals surface area contributed by atoms with Crippen LogP contribution in [-0.2, 0) is 9.59 Å². The van der Waals surface area contributed by atoms with Gasteiger partial charge in [0.2, 0.25) is 5.91 Å². The Morgan fingerprint density at radius 2 is 2.45 bits per heavy atom. The predicted molar refractivity (Wildman–Crippen MR) is 33.4 cm³/mol. The van der Waals surface area contributed by atoms with Crippen LogP contribution in [0.1, 0.15) is 6.42 Å². The molecule has 2 N–H and O–H groups in total. The molecule has 11 heavy (non-hydrogen) atoms. The topological polar surface area (TPSA) is 66.4 Å². The average Bonchev–Trinajstić information content (AvgIpc) is 2.31. The number of carbonyl (C=O) groups is 2. The molecule has 0 aromatic rings. The summed E-state index contributed by atoms with van der Waals surface area (Å²) in [6, 6.07) is -0.968. The molecule has 60 valence electrons. The fourth-order valence-electron chi connectivity index (χ4n) is 0.858. The van der Waals surface area contributed by atoms with E-state index in [-0.39, 0.29) is 18.3 Å². The van der Waals surface area contributed by atoms with Crippen LogP contribution in [0.4, 0.5) is 4.39 Å². The molecule has 0 aromatic carbocycles. The molecule has 1 fully saturated rings. The first-order valence-corrected chi connectivity index (χ1v) is 2.98. The minimum atomic E-state index is -1.14. The van der Waals surface area contributed by atoms with E-state index in [0.717, 1.165) is 0 Å². The average molecular weight is 159 g/mol. The number of aliphatic carboxylic acids is 1. The second-order valence-corrected chi connectivity index (χ2v) is 2.20. The first-order chi connectivity index (χ1) is 5.15. The summed E-state index contributed by atoms with van der Waals surface area (Å²) in [5.74, 6) is -1.78. The maximum atomic E-state index is 11.8. The van der Waals surface area contributed by atoms with E-state index in [9.17, 15) is 14.0 Å². The van der Waals surface area contributed by atoms with Crippen molar-refractivity contribution in [2.45, 2.75) is 12.5 Å². The number of hydrogen-bond donors (Lipinski definition) is 2. The molecule has 1 saturated heterocycles. The fourth-order valence-corrected chi connectivity index (χ4v) is 0.858. The van der Waals surface area contributed by atoms with Gasteiger partial charge < -0.3 is 10.4 Å². The minimum Gasteiger partial charge on any atom is -0.480 e. The summed E-state index contributed by atoms with van der Waals surface area (Å²) in [6.45, 7) is 0. The van der Waals surface area contributed by atoms with Crippen molar-refractivity contribution < 1.29 is 19.1 Å². The quantitative estimate of drug-likeness (QED) is 0.521. The Bertz CT molecular complexity index is 236. The Morgan fingerprint density at radius 1 is 1.82 bits per heavy atom. The van der Waals surface area contributed by atoms with Crippen LogP contribution in [-0.4, -0.2) is 23.0 Å². The summed E-state index contributed by atoms with van der Waals surface area (Å²) in [5.41, 5.74) is -0.114. The number of carboxylic acids is 1. The molecule has 1 amide bonds. The molecule has 0 bridgehead atoms. The summed E-state index contributed by atoms with van der Waals surface area (Å²) >= 11 is 0. The van der Waals surface area contributed by atoms with E-state index in [4.69, 9.17) is 5.11 Å². The Labute approximate surface area is 61.7 Å². The largest absolute Gasteiger partial charge is 0.480 e. The van der Waals surface area contributed by atoms with Crippen LogP contribution in [0.5, 0.6) is 0 Å². The third kappa shape index (κ3) is 1.36. The molecular weight excluding hydrogens is 153 g/mol. The smallest absolute Gasteiger partial charge is 0.326 e. The van der Waals surface area contributed by atoms with Gasteiger partial charge in [0.1, 0.15) is 6.04 Å². The van der Waals surface area contributed by atoms with Crippen LogP contribution in [0.2, 0.25) is 0 Å².